The average molecular weight is 339 g/mol. The highest BCUT2D eigenvalue weighted by molar-refractivity contribution is 7.16. The van der Waals surface area contributed by atoms with Crippen molar-refractivity contribution in [2.75, 3.05) is 12.3 Å². The number of amides is 1. The maximum atomic E-state index is 11.6. The first-order chi connectivity index (χ1) is 10.6. The van der Waals surface area contributed by atoms with E-state index in [1.807, 2.05) is 24.4 Å². The number of nitrogen functional groups attached to an aromatic ring is 1. The van der Waals surface area contributed by atoms with Gasteiger partial charge in [0.05, 0.1) is 17.1 Å². The first-order valence-electron chi connectivity index (χ1n) is 6.81. The highest BCUT2D eigenvalue weighted by Crippen LogP contribution is 2.29. The quantitative estimate of drug-likeness (QED) is 0.756. The Bertz CT molecular complexity index is 651. The summed E-state index contributed by atoms with van der Waals surface area (Å²) in [5.74, 6) is -0.658. The highest BCUT2D eigenvalue weighted by atomic mass is 32.1. The van der Waals surface area contributed by atoms with Gasteiger partial charge < -0.3 is 15.8 Å². The third-order valence-electron chi connectivity index (χ3n) is 2.71. The van der Waals surface area contributed by atoms with E-state index in [4.69, 9.17) is 10.5 Å². The molecule has 6 nitrogen and oxygen atoms in total. The van der Waals surface area contributed by atoms with Crippen LogP contribution in [0.25, 0.3) is 10.6 Å². The Balaban J connectivity index is 1.79. The summed E-state index contributed by atoms with van der Waals surface area (Å²) >= 11 is 2.94. The smallest absolute Gasteiger partial charge is 0.306 e. The molecular weight excluding hydrogens is 322 g/mol. The molecule has 0 saturated heterocycles. The van der Waals surface area contributed by atoms with Crippen LogP contribution in [0, 0.1) is 0 Å². The lowest BCUT2D eigenvalue weighted by Gasteiger charge is -2.04. The molecule has 2 heterocycles. The van der Waals surface area contributed by atoms with Gasteiger partial charge in [-0.05, 0) is 18.6 Å². The van der Waals surface area contributed by atoms with Crippen LogP contribution in [-0.4, -0.2) is 23.5 Å². The van der Waals surface area contributed by atoms with Gasteiger partial charge in [0.25, 0.3) is 5.91 Å². The fourth-order valence-electron chi connectivity index (χ4n) is 1.67. The van der Waals surface area contributed by atoms with Crippen LogP contribution >= 0.6 is 22.7 Å². The number of aromatic nitrogens is 1. The van der Waals surface area contributed by atoms with E-state index >= 15 is 0 Å². The van der Waals surface area contributed by atoms with Crippen molar-refractivity contribution in [3.05, 3.63) is 22.4 Å². The van der Waals surface area contributed by atoms with Crippen LogP contribution in [0.2, 0.25) is 0 Å². The average Bonchev–Trinajstić information content (AvgIpc) is 3.12. The summed E-state index contributed by atoms with van der Waals surface area (Å²) in [7, 11) is 0. The molecule has 0 atom stereocenters. The summed E-state index contributed by atoms with van der Waals surface area (Å²) in [4.78, 5) is 29.0. The van der Waals surface area contributed by atoms with E-state index in [2.05, 4.69) is 10.3 Å². The number of esters is 1. The first kappa shape index (κ1) is 16.4. The van der Waals surface area contributed by atoms with Crippen LogP contribution in [0.15, 0.2) is 17.5 Å². The zero-order valence-electron chi connectivity index (χ0n) is 12.1. The Hall–Kier alpha value is -1.93. The normalized spacial score (nSPS) is 10.4. The molecule has 0 aromatic carbocycles. The number of hydrogen-bond donors (Lipinski definition) is 2. The van der Waals surface area contributed by atoms with Crippen molar-refractivity contribution in [3.63, 3.8) is 0 Å². The number of rotatable bonds is 7. The van der Waals surface area contributed by atoms with Crippen molar-refractivity contribution in [1.82, 2.24) is 10.3 Å². The number of hydrogen-bond acceptors (Lipinski definition) is 7. The van der Waals surface area contributed by atoms with Crippen LogP contribution in [0.5, 0.6) is 0 Å². The van der Waals surface area contributed by atoms with Gasteiger partial charge in [-0.15, -0.1) is 22.7 Å². The third-order valence-corrected chi connectivity index (χ3v) is 4.50. The fraction of sp³-hybridized carbons (Fsp3) is 0.357. The lowest BCUT2D eigenvalue weighted by Crippen LogP contribution is -2.28. The maximum Gasteiger partial charge on any atom is 0.306 e. The van der Waals surface area contributed by atoms with Gasteiger partial charge in [0, 0.05) is 16.7 Å². The largest absolute Gasteiger partial charge is 0.456 e. The number of anilines is 1. The Kier molecular flexibility index (Phi) is 5.91. The van der Waals surface area contributed by atoms with E-state index in [-0.39, 0.29) is 18.5 Å². The van der Waals surface area contributed by atoms with Gasteiger partial charge in [0.2, 0.25) is 0 Å². The van der Waals surface area contributed by atoms with Gasteiger partial charge in [-0.2, -0.15) is 0 Å². The number of nitrogens with zero attached hydrogens (tertiary/aromatic N) is 1. The van der Waals surface area contributed by atoms with E-state index in [1.165, 1.54) is 22.7 Å². The van der Waals surface area contributed by atoms with E-state index in [9.17, 15) is 9.59 Å². The van der Waals surface area contributed by atoms with Gasteiger partial charge in [-0.1, -0.05) is 6.92 Å². The summed E-state index contributed by atoms with van der Waals surface area (Å²) in [6.07, 6.45) is 1.04. The minimum Gasteiger partial charge on any atom is -0.456 e. The molecule has 0 spiro atoms. The molecule has 0 aliphatic rings. The van der Waals surface area contributed by atoms with Gasteiger partial charge >= 0.3 is 5.97 Å². The Morgan fingerprint density at radius 1 is 1.41 bits per heavy atom. The van der Waals surface area contributed by atoms with Crippen LogP contribution in [0.1, 0.15) is 24.6 Å². The lowest BCUT2D eigenvalue weighted by atomic mass is 10.3. The monoisotopic (exact) mass is 339 g/mol. The third kappa shape index (κ3) is 4.81. The molecule has 0 bridgehead atoms. The van der Waals surface area contributed by atoms with Crippen molar-refractivity contribution >= 4 is 39.7 Å². The number of thiazole rings is 1. The molecule has 2 rings (SSSR count). The van der Waals surface area contributed by atoms with Gasteiger partial charge in [0.1, 0.15) is 0 Å². The molecule has 3 N–H and O–H groups in total. The molecule has 1 amide bonds. The maximum absolute atomic E-state index is 11.6. The van der Waals surface area contributed by atoms with Crippen LogP contribution in [0.4, 0.5) is 5.13 Å². The van der Waals surface area contributed by atoms with Gasteiger partial charge in [0.15, 0.2) is 11.7 Å². The predicted molar refractivity (Wildman–Crippen MR) is 87.6 cm³/mol. The zero-order valence-corrected chi connectivity index (χ0v) is 13.8. The van der Waals surface area contributed by atoms with E-state index in [1.54, 1.807) is 0 Å². The number of carbonyl (C=O) groups is 2. The summed E-state index contributed by atoms with van der Waals surface area (Å²) in [6, 6.07) is 3.88. The summed E-state index contributed by atoms with van der Waals surface area (Å²) < 4.78 is 4.84. The van der Waals surface area contributed by atoms with Crippen LogP contribution in [0.3, 0.4) is 0 Å². The SMILES string of the molecule is CCCC(=O)OCC(=O)NCc1ccc(-c2csc(N)n2)s1. The van der Waals surface area contributed by atoms with Crippen molar-refractivity contribution in [3.8, 4) is 10.6 Å². The number of nitrogens with one attached hydrogen (secondary N) is 1. The first-order valence-corrected chi connectivity index (χ1v) is 8.50. The molecule has 118 valence electrons. The minimum atomic E-state index is -0.350. The molecule has 0 saturated carbocycles. The second kappa shape index (κ2) is 7.90. The molecule has 0 radical (unpaired) electrons. The zero-order chi connectivity index (χ0) is 15.9. The van der Waals surface area contributed by atoms with E-state index in [0.717, 1.165) is 15.4 Å². The van der Waals surface area contributed by atoms with Crippen LogP contribution < -0.4 is 11.1 Å². The molecule has 2 aromatic heterocycles. The van der Waals surface area contributed by atoms with Gasteiger partial charge in [-0.25, -0.2) is 4.98 Å². The van der Waals surface area contributed by atoms with E-state index in [0.29, 0.717) is 24.5 Å². The Labute approximate surface area is 136 Å². The molecule has 8 heteroatoms. The molecule has 0 aliphatic carbocycles. The predicted octanol–water partition coefficient (Wildman–Crippen LogP) is 2.41. The second-order valence-electron chi connectivity index (χ2n) is 4.52. The lowest BCUT2D eigenvalue weighted by molar-refractivity contribution is -0.148. The molecule has 2 aromatic rings. The topological polar surface area (TPSA) is 94.3 Å². The van der Waals surface area contributed by atoms with Crippen molar-refractivity contribution in [1.29, 1.82) is 0 Å². The minimum absolute atomic E-state index is 0.236. The second-order valence-corrected chi connectivity index (χ2v) is 6.58. The molecule has 0 fully saturated rings. The molecule has 0 unspecified atom stereocenters. The highest BCUT2D eigenvalue weighted by Gasteiger charge is 2.09. The summed E-state index contributed by atoms with van der Waals surface area (Å²) in [5, 5.41) is 5.15. The summed E-state index contributed by atoms with van der Waals surface area (Å²) in [6.45, 7) is 2.04. The number of ether oxygens (including phenoxy) is 1. The van der Waals surface area contributed by atoms with Crippen molar-refractivity contribution < 1.29 is 14.3 Å². The van der Waals surface area contributed by atoms with Crippen molar-refractivity contribution in [2.45, 2.75) is 26.3 Å². The molecular formula is C14H17N3O3S2. The van der Waals surface area contributed by atoms with Gasteiger partial charge in [-0.3, -0.25) is 9.59 Å². The number of thiophene rings is 1. The van der Waals surface area contributed by atoms with E-state index < -0.39 is 0 Å². The molecule has 22 heavy (non-hydrogen) atoms. The standard InChI is InChI=1S/C14H17N3O3S2/c1-2-3-13(19)20-7-12(18)16-6-9-4-5-11(22-9)10-8-21-14(15)17-10/h4-5,8H,2-3,6-7H2,1H3,(H2,15,17)(H,16,18). The fourth-order valence-corrected chi connectivity index (χ4v) is 3.22. The molecule has 0 aliphatic heterocycles. The number of carbonyl (C=O) groups excluding carboxylic acids is 2. The van der Waals surface area contributed by atoms with Crippen LogP contribution in [-0.2, 0) is 20.9 Å². The summed E-state index contributed by atoms with van der Waals surface area (Å²) in [5.41, 5.74) is 6.46. The van der Waals surface area contributed by atoms with Crippen molar-refractivity contribution in [2.24, 2.45) is 0 Å². The number of nitrogens with two attached hydrogens (primary N) is 1. The Morgan fingerprint density at radius 3 is 2.91 bits per heavy atom. The Morgan fingerprint density at radius 2 is 2.23 bits per heavy atom.